The van der Waals surface area contributed by atoms with E-state index in [1.807, 2.05) is 30.3 Å². The Kier molecular flexibility index (Phi) is 8.78. The van der Waals surface area contributed by atoms with E-state index in [9.17, 15) is 14.0 Å². The van der Waals surface area contributed by atoms with Crippen LogP contribution >= 0.6 is 0 Å². The normalized spacial score (nSPS) is 16.0. The van der Waals surface area contributed by atoms with Crippen LogP contribution in [0.4, 0.5) is 14.0 Å². The molecule has 2 aromatic carbocycles. The number of amides is 2. The average molecular weight is 489 g/mol. The van der Waals surface area contributed by atoms with Crippen molar-refractivity contribution in [1.29, 1.82) is 0 Å². The molecule has 2 aromatic rings. The fraction of sp³-hybridized carbons (Fsp3) is 0.462. The topological polar surface area (TPSA) is 77.5 Å². The molecule has 190 valence electrons. The molecule has 3 rings (SSSR count). The van der Waals surface area contributed by atoms with Crippen molar-refractivity contribution < 1.29 is 32.9 Å². The summed E-state index contributed by atoms with van der Waals surface area (Å²) in [5.74, 6) is -0.0597. The number of methoxy groups -OCH3 is 1. The van der Waals surface area contributed by atoms with E-state index in [0.717, 1.165) is 5.56 Å². The van der Waals surface area contributed by atoms with Gasteiger partial charge in [0.05, 0.1) is 19.8 Å². The van der Waals surface area contributed by atoms with E-state index in [0.29, 0.717) is 18.7 Å². The summed E-state index contributed by atoms with van der Waals surface area (Å²) in [5, 5.41) is 0. The number of hydrogen-bond acceptors (Lipinski definition) is 6. The predicted molar refractivity (Wildman–Crippen MR) is 128 cm³/mol. The van der Waals surface area contributed by atoms with E-state index in [2.05, 4.69) is 0 Å². The number of carbonyl (C=O) groups is 2. The van der Waals surface area contributed by atoms with E-state index in [4.69, 9.17) is 18.9 Å². The molecule has 0 unspecified atom stereocenters. The molecule has 1 fully saturated rings. The Morgan fingerprint density at radius 2 is 1.80 bits per heavy atom. The molecule has 0 aromatic heterocycles. The number of ether oxygens (including phenoxy) is 4. The van der Waals surface area contributed by atoms with Crippen LogP contribution < -0.4 is 9.47 Å². The van der Waals surface area contributed by atoms with Gasteiger partial charge in [-0.05, 0) is 38.5 Å². The second-order valence-electron chi connectivity index (χ2n) is 9.25. The number of nitrogens with zero attached hydrogens (tertiary/aromatic N) is 2. The van der Waals surface area contributed by atoms with Gasteiger partial charge in [0.1, 0.15) is 18.0 Å². The van der Waals surface area contributed by atoms with Gasteiger partial charge in [0, 0.05) is 32.1 Å². The van der Waals surface area contributed by atoms with Crippen molar-refractivity contribution in [3.05, 3.63) is 59.9 Å². The Hall–Kier alpha value is -3.49. The Labute approximate surface area is 205 Å². The Morgan fingerprint density at radius 3 is 2.46 bits per heavy atom. The van der Waals surface area contributed by atoms with Gasteiger partial charge in [-0.2, -0.15) is 0 Å². The number of hydrogen-bond donors (Lipinski definition) is 0. The highest BCUT2D eigenvalue weighted by Gasteiger charge is 2.35. The zero-order valence-electron chi connectivity index (χ0n) is 20.7. The highest BCUT2D eigenvalue weighted by molar-refractivity contribution is 5.71. The van der Waals surface area contributed by atoms with Crippen LogP contribution in [0.1, 0.15) is 32.8 Å². The molecule has 2 amide bonds. The van der Waals surface area contributed by atoms with Crippen molar-refractivity contribution in [2.24, 2.45) is 0 Å². The highest BCUT2D eigenvalue weighted by atomic mass is 19.1. The largest absolute Gasteiger partial charge is 0.497 e. The van der Waals surface area contributed by atoms with E-state index in [1.54, 1.807) is 36.6 Å². The maximum Gasteiger partial charge on any atom is 0.410 e. The molecule has 1 aliphatic rings. The number of halogens is 1. The molecule has 1 saturated heterocycles. The summed E-state index contributed by atoms with van der Waals surface area (Å²) in [6, 6.07) is 13.4. The molecular weight excluding hydrogens is 455 g/mol. The predicted octanol–water partition coefficient (Wildman–Crippen LogP) is 4.86. The summed E-state index contributed by atoms with van der Waals surface area (Å²) in [7, 11) is 1.46. The van der Waals surface area contributed by atoms with Crippen LogP contribution in [0, 0.1) is 5.82 Å². The average Bonchev–Trinajstić information content (AvgIpc) is 2.83. The fourth-order valence-electron chi connectivity index (χ4n) is 3.67. The first kappa shape index (κ1) is 26.1. The molecule has 0 aliphatic carbocycles. The molecule has 0 saturated carbocycles. The molecule has 9 heteroatoms. The lowest BCUT2D eigenvalue weighted by atomic mass is 10.1. The summed E-state index contributed by atoms with van der Waals surface area (Å²) < 4.78 is 35.9. The van der Waals surface area contributed by atoms with E-state index in [-0.39, 0.29) is 38.1 Å². The molecule has 1 atom stereocenters. The van der Waals surface area contributed by atoms with Crippen LogP contribution in [-0.2, 0) is 16.1 Å². The highest BCUT2D eigenvalue weighted by Crippen LogP contribution is 2.24. The quantitative estimate of drug-likeness (QED) is 0.554. The van der Waals surface area contributed by atoms with Crippen LogP contribution in [0.25, 0.3) is 0 Å². The minimum atomic E-state index is -0.657. The van der Waals surface area contributed by atoms with Gasteiger partial charge in [0.15, 0.2) is 11.6 Å². The standard InChI is InChI=1S/C26H33FN2O6/c1-26(2,3)35-25(31)29-14-13-28(24(30)34-18-19-8-6-5-7-9-19)17-20(29)12-15-33-23-11-10-21(32-4)16-22(23)27/h5-11,16,20H,12-15,17-18H2,1-4H3/t20-/m1/s1. The maximum atomic E-state index is 14.2. The third-order valence-corrected chi connectivity index (χ3v) is 5.42. The molecule has 1 aliphatic heterocycles. The van der Waals surface area contributed by atoms with Crippen molar-refractivity contribution >= 4 is 12.2 Å². The van der Waals surface area contributed by atoms with Crippen molar-refractivity contribution in [2.75, 3.05) is 33.4 Å². The van der Waals surface area contributed by atoms with Crippen LogP contribution in [0.2, 0.25) is 0 Å². The number of rotatable bonds is 7. The Balaban J connectivity index is 1.63. The van der Waals surface area contributed by atoms with E-state index >= 15 is 0 Å². The maximum absolute atomic E-state index is 14.2. The third-order valence-electron chi connectivity index (χ3n) is 5.42. The molecule has 35 heavy (non-hydrogen) atoms. The first-order valence-corrected chi connectivity index (χ1v) is 11.6. The molecule has 0 spiro atoms. The summed E-state index contributed by atoms with van der Waals surface area (Å²) in [6.45, 7) is 6.55. The Bertz CT molecular complexity index is 995. The molecule has 1 heterocycles. The molecule has 0 N–H and O–H groups in total. The van der Waals surface area contributed by atoms with Crippen LogP contribution in [0.3, 0.4) is 0 Å². The minimum absolute atomic E-state index is 0.0876. The van der Waals surface area contributed by atoms with Crippen LogP contribution in [0.5, 0.6) is 11.5 Å². The van der Waals surface area contributed by atoms with Crippen LogP contribution in [-0.4, -0.2) is 67.0 Å². The van der Waals surface area contributed by atoms with Gasteiger partial charge in [-0.15, -0.1) is 0 Å². The van der Waals surface area contributed by atoms with Crippen molar-refractivity contribution in [2.45, 2.75) is 45.4 Å². The second-order valence-corrected chi connectivity index (χ2v) is 9.25. The zero-order chi connectivity index (χ0) is 25.4. The van der Waals surface area contributed by atoms with Gasteiger partial charge in [0.2, 0.25) is 0 Å². The fourth-order valence-corrected chi connectivity index (χ4v) is 3.67. The summed E-state index contributed by atoms with van der Waals surface area (Å²) >= 11 is 0. The van der Waals surface area contributed by atoms with Crippen LogP contribution in [0.15, 0.2) is 48.5 Å². The Morgan fingerprint density at radius 1 is 1.06 bits per heavy atom. The first-order chi connectivity index (χ1) is 16.7. The molecule has 0 radical (unpaired) electrons. The smallest absolute Gasteiger partial charge is 0.410 e. The van der Waals surface area contributed by atoms with E-state index in [1.165, 1.54) is 19.2 Å². The van der Waals surface area contributed by atoms with Crippen molar-refractivity contribution in [3.8, 4) is 11.5 Å². The molecule has 0 bridgehead atoms. The molecule has 8 nitrogen and oxygen atoms in total. The second kappa shape index (κ2) is 11.8. The van der Waals surface area contributed by atoms with Gasteiger partial charge in [-0.1, -0.05) is 30.3 Å². The number of piperazine rings is 1. The van der Waals surface area contributed by atoms with Gasteiger partial charge in [-0.3, -0.25) is 0 Å². The van der Waals surface area contributed by atoms with Gasteiger partial charge in [0.25, 0.3) is 0 Å². The number of benzene rings is 2. The lowest BCUT2D eigenvalue weighted by Crippen LogP contribution is -2.57. The third kappa shape index (κ3) is 7.77. The zero-order valence-corrected chi connectivity index (χ0v) is 20.7. The first-order valence-electron chi connectivity index (χ1n) is 11.6. The van der Waals surface area contributed by atoms with Gasteiger partial charge in [-0.25, -0.2) is 14.0 Å². The lowest BCUT2D eigenvalue weighted by Gasteiger charge is -2.41. The lowest BCUT2D eigenvalue weighted by molar-refractivity contribution is -0.00620. The summed E-state index contributed by atoms with van der Waals surface area (Å²) in [5.41, 5.74) is 0.232. The minimum Gasteiger partial charge on any atom is -0.497 e. The SMILES string of the molecule is COc1ccc(OCC[C@@H]2CN(C(=O)OCc3ccccc3)CCN2C(=O)OC(C)(C)C)c(F)c1. The number of carbonyl (C=O) groups excluding carboxylic acids is 2. The van der Waals surface area contributed by atoms with E-state index < -0.39 is 23.6 Å². The van der Waals surface area contributed by atoms with Gasteiger partial charge < -0.3 is 28.7 Å². The summed E-state index contributed by atoms with van der Waals surface area (Å²) in [4.78, 5) is 28.7. The monoisotopic (exact) mass is 488 g/mol. The summed E-state index contributed by atoms with van der Waals surface area (Å²) in [6.07, 6.45) is -0.548. The molecular formula is C26H33FN2O6. The van der Waals surface area contributed by atoms with Gasteiger partial charge >= 0.3 is 12.2 Å². The van der Waals surface area contributed by atoms with Crippen molar-refractivity contribution in [1.82, 2.24) is 9.80 Å². The van der Waals surface area contributed by atoms with Crippen molar-refractivity contribution in [3.63, 3.8) is 0 Å².